The minimum absolute atomic E-state index is 0.0134. The molecule has 2 unspecified atom stereocenters. The molecule has 1 aliphatic rings. The lowest BCUT2D eigenvalue weighted by molar-refractivity contribution is 0.0915. The highest BCUT2D eigenvalue weighted by atomic mass is 16.1. The number of hydrogen-bond donors (Lipinski definition) is 3. The van der Waals surface area contributed by atoms with Gasteiger partial charge in [0.1, 0.15) is 5.69 Å². The second-order valence-corrected chi connectivity index (χ2v) is 4.05. The highest BCUT2D eigenvalue weighted by Crippen LogP contribution is 2.08. The van der Waals surface area contributed by atoms with Crippen molar-refractivity contribution in [1.29, 1.82) is 0 Å². The van der Waals surface area contributed by atoms with Crippen LogP contribution in [0.2, 0.25) is 0 Å². The molecule has 0 aromatic carbocycles. The molecule has 1 aliphatic heterocycles. The van der Waals surface area contributed by atoms with Crippen molar-refractivity contribution >= 4 is 5.91 Å². The summed E-state index contributed by atoms with van der Waals surface area (Å²) in [5.74, 6) is -0.0134. The molecule has 0 bridgehead atoms. The molecular formula is C11H17N3O. The van der Waals surface area contributed by atoms with Crippen LogP contribution in [0.5, 0.6) is 0 Å². The standard InChI is InChI=1S/C11H17N3O/c1-8-9(4-2-6-12-8)14-11(15)10-5-3-7-13-10/h3,5,7-9,12-13H,2,4,6H2,1H3,(H,14,15). The number of aromatic amines is 1. The number of carbonyl (C=O) groups is 1. The van der Waals surface area contributed by atoms with Gasteiger partial charge in [0.15, 0.2) is 0 Å². The molecule has 4 nitrogen and oxygen atoms in total. The zero-order chi connectivity index (χ0) is 10.7. The number of rotatable bonds is 2. The molecule has 0 radical (unpaired) electrons. The van der Waals surface area contributed by atoms with Crippen LogP contribution in [-0.4, -0.2) is 29.5 Å². The maximum Gasteiger partial charge on any atom is 0.267 e. The Balaban J connectivity index is 1.93. The number of H-pyrrole nitrogens is 1. The van der Waals surface area contributed by atoms with Gasteiger partial charge in [0, 0.05) is 18.3 Å². The molecule has 3 N–H and O–H groups in total. The summed E-state index contributed by atoms with van der Waals surface area (Å²) >= 11 is 0. The van der Waals surface area contributed by atoms with Crippen molar-refractivity contribution in [2.75, 3.05) is 6.54 Å². The lowest BCUT2D eigenvalue weighted by Gasteiger charge is -2.30. The van der Waals surface area contributed by atoms with E-state index in [0.29, 0.717) is 11.7 Å². The Hall–Kier alpha value is -1.29. The average molecular weight is 207 g/mol. The van der Waals surface area contributed by atoms with E-state index in [1.165, 1.54) is 0 Å². The summed E-state index contributed by atoms with van der Waals surface area (Å²) in [6, 6.07) is 4.22. The third kappa shape index (κ3) is 2.39. The Morgan fingerprint density at radius 2 is 2.47 bits per heavy atom. The molecule has 1 aromatic heterocycles. The Kier molecular flexibility index (Phi) is 3.06. The van der Waals surface area contributed by atoms with Crippen LogP contribution in [0.1, 0.15) is 30.3 Å². The SMILES string of the molecule is CC1NCCCC1NC(=O)c1ccc[nH]1. The zero-order valence-corrected chi connectivity index (χ0v) is 8.92. The minimum Gasteiger partial charge on any atom is -0.357 e. The third-order valence-electron chi connectivity index (χ3n) is 2.92. The Bertz CT molecular complexity index is 321. The summed E-state index contributed by atoms with van der Waals surface area (Å²) in [4.78, 5) is 14.7. The molecule has 4 heteroatoms. The van der Waals surface area contributed by atoms with Gasteiger partial charge in [0.05, 0.1) is 0 Å². The number of carbonyl (C=O) groups excluding carboxylic acids is 1. The van der Waals surface area contributed by atoms with Crippen LogP contribution in [-0.2, 0) is 0 Å². The third-order valence-corrected chi connectivity index (χ3v) is 2.92. The van der Waals surface area contributed by atoms with E-state index in [1.54, 1.807) is 12.3 Å². The molecule has 2 rings (SSSR count). The Morgan fingerprint density at radius 1 is 1.60 bits per heavy atom. The number of piperidine rings is 1. The van der Waals surface area contributed by atoms with Crippen LogP contribution in [0, 0.1) is 0 Å². The van der Waals surface area contributed by atoms with Gasteiger partial charge in [0.25, 0.3) is 5.91 Å². The van der Waals surface area contributed by atoms with Crippen molar-refractivity contribution in [2.45, 2.75) is 31.8 Å². The molecule has 2 heterocycles. The van der Waals surface area contributed by atoms with Crippen molar-refractivity contribution in [3.05, 3.63) is 24.0 Å². The van der Waals surface area contributed by atoms with Crippen molar-refractivity contribution in [2.24, 2.45) is 0 Å². The largest absolute Gasteiger partial charge is 0.357 e. The molecule has 0 aliphatic carbocycles. The van der Waals surface area contributed by atoms with E-state index >= 15 is 0 Å². The van der Waals surface area contributed by atoms with Gasteiger partial charge in [-0.1, -0.05) is 0 Å². The fourth-order valence-corrected chi connectivity index (χ4v) is 1.96. The summed E-state index contributed by atoms with van der Waals surface area (Å²) in [7, 11) is 0. The molecule has 0 saturated carbocycles. The van der Waals surface area contributed by atoms with Crippen molar-refractivity contribution < 1.29 is 4.79 Å². The first-order valence-electron chi connectivity index (χ1n) is 5.45. The number of nitrogens with one attached hydrogen (secondary N) is 3. The van der Waals surface area contributed by atoms with Gasteiger partial charge in [0.2, 0.25) is 0 Å². The van der Waals surface area contributed by atoms with Crippen LogP contribution in [0.25, 0.3) is 0 Å². The van der Waals surface area contributed by atoms with Crippen molar-refractivity contribution in [1.82, 2.24) is 15.6 Å². The summed E-state index contributed by atoms with van der Waals surface area (Å²) in [5.41, 5.74) is 0.632. The van der Waals surface area contributed by atoms with Crippen LogP contribution >= 0.6 is 0 Å². The summed E-state index contributed by atoms with van der Waals surface area (Å²) in [6.07, 6.45) is 3.94. The average Bonchev–Trinajstić information content (AvgIpc) is 2.74. The fraction of sp³-hybridized carbons (Fsp3) is 0.545. The molecule has 2 atom stereocenters. The van der Waals surface area contributed by atoms with E-state index in [2.05, 4.69) is 22.5 Å². The lowest BCUT2D eigenvalue weighted by Crippen LogP contribution is -2.51. The molecule has 15 heavy (non-hydrogen) atoms. The molecule has 1 saturated heterocycles. The Labute approximate surface area is 89.5 Å². The highest BCUT2D eigenvalue weighted by molar-refractivity contribution is 5.92. The van der Waals surface area contributed by atoms with E-state index in [9.17, 15) is 4.79 Å². The second-order valence-electron chi connectivity index (χ2n) is 4.05. The normalized spacial score (nSPS) is 26.2. The van der Waals surface area contributed by atoms with E-state index < -0.39 is 0 Å². The van der Waals surface area contributed by atoms with Crippen LogP contribution in [0.4, 0.5) is 0 Å². The molecule has 1 fully saturated rings. The molecule has 0 spiro atoms. The summed E-state index contributed by atoms with van der Waals surface area (Å²) in [6.45, 7) is 3.16. The zero-order valence-electron chi connectivity index (χ0n) is 8.92. The first kappa shape index (κ1) is 10.2. The summed E-state index contributed by atoms with van der Waals surface area (Å²) < 4.78 is 0. The first-order chi connectivity index (χ1) is 7.27. The number of amides is 1. The van der Waals surface area contributed by atoms with Gasteiger partial charge in [-0.25, -0.2) is 0 Å². The van der Waals surface area contributed by atoms with E-state index in [-0.39, 0.29) is 11.9 Å². The smallest absolute Gasteiger partial charge is 0.267 e. The van der Waals surface area contributed by atoms with Gasteiger partial charge >= 0.3 is 0 Å². The van der Waals surface area contributed by atoms with Gasteiger partial charge in [-0.3, -0.25) is 4.79 Å². The van der Waals surface area contributed by atoms with Gasteiger partial charge in [-0.05, 0) is 38.4 Å². The molecule has 1 amide bonds. The topological polar surface area (TPSA) is 56.9 Å². The van der Waals surface area contributed by atoms with Gasteiger partial charge in [-0.2, -0.15) is 0 Å². The fourth-order valence-electron chi connectivity index (χ4n) is 1.96. The predicted octanol–water partition coefficient (Wildman–Crippen LogP) is 0.885. The maximum absolute atomic E-state index is 11.7. The van der Waals surface area contributed by atoms with Crippen LogP contribution in [0.15, 0.2) is 18.3 Å². The summed E-state index contributed by atoms with van der Waals surface area (Å²) in [5, 5.41) is 6.40. The van der Waals surface area contributed by atoms with Gasteiger partial charge < -0.3 is 15.6 Å². The molecular weight excluding hydrogens is 190 g/mol. The monoisotopic (exact) mass is 207 g/mol. The second kappa shape index (κ2) is 4.49. The Morgan fingerprint density at radius 3 is 3.13 bits per heavy atom. The first-order valence-corrected chi connectivity index (χ1v) is 5.45. The molecule has 1 aromatic rings. The van der Waals surface area contributed by atoms with E-state index in [0.717, 1.165) is 19.4 Å². The minimum atomic E-state index is -0.0134. The number of hydrogen-bond acceptors (Lipinski definition) is 2. The molecule has 82 valence electrons. The van der Waals surface area contributed by atoms with Gasteiger partial charge in [-0.15, -0.1) is 0 Å². The lowest BCUT2D eigenvalue weighted by atomic mass is 10.00. The van der Waals surface area contributed by atoms with Crippen LogP contribution < -0.4 is 10.6 Å². The van der Waals surface area contributed by atoms with Crippen molar-refractivity contribution in [3.8, 4) is 0 Å². The highest BCUT2D eigenvalue weighted by Gasteiger charge is 2.22. The van der Waals surface area contributed by atoms with Crippen molar-refractivity contribution in [3.63, 3.8) is 0 Å². The van der Waals surface area contributed by atoms with E-state index in [4.69, 9.17) is 0 Å². The van der Waals surface area contributed by atoms with E-state index in [1.807, 2.05) is 6.07 Å². The predicted molar refractivity (Wildman–Crippen MR) is 58.7 cm³/mol. The van der Waals surface area contributed by atoms with Crippen LogP contribution in [0.3, 0.4) is 0 Å². The quantitative estimate of drug-likeness (QED) is 0.674. The maximum atomic E-state index is 11.7. The number of aromatic nitrogens is 1.